The van der Waals surface area contributed by atoms with E-state index in [1.54, 1.807) is 0 Å². The molecule has 0 bridgehead atoms. The molecule has 1 aromatic carbocycles. The molecule has 1 aromatic heterocycles. The Balaban J connectivity index is 2.16. The molecule has 0 saturated carbocycles. The number of hydrogen-bond donors (Lipinski definition) is 0. The van der Waals surface area contributed by atoms with E-state index in [0.717, 1.165) is 0 Å². The molecule has 3 rings (SSSR count). The van der Waals surface area contributed by atoms with Crippen LogP contribution < -0.4 is 0 Å². The molecule has 0 amide bonds. The van der Waals surface area contributed by atoms with Crippen LogP contribution in [0.3, 0.4) is 0 Å². The van der Waals surface area contributed by atoms with Gasteiger partial charge in [0.1, 0.15) is 0 Å². The van der Waals surface area contributed by atoms with Gasteiger partial charge in [-0.05, 0) is 35.2 Å². The first kappa shape index (κ1) is 8.25. The Hall–Kier alpha value is -1.08. The molecule has 1 heterocycles. The summed E-state index contributed by atoms with van der Waals surface area (Å²) in [5.41, 5.74) is 1.53. The maximum atomic E-state index is 2.36. The number of thiophene rings is 1. The van der Waals surface area contributed by atoms with Crippen LogP contribution in [0.25, 0.3) is 10.1 Å². The summed E-state index contributed by atoms with van der Waals surface area (Å²) in [5, 5.41) is 3.78. The molecule has 0 spiro atoms. The quantitative estimate of drug-likeness (QED) is 0.601. The lowest BCUT2D eigenvalue weighted by Crippen LogP contribution is -1.87. The molecule has 0 fully saturated rings. The van der Waals surface area contributed by atoms with Gasteiger partial charge in [-0.1, -0.05) is 30.4 Å². The highest BCUT2D eigenvalue weighted by Gasteiger charge is 2.15. The topological polar surface area (TPSA) is 0 Å². The van der Waals surface area contributed by atoms with Gasteiger partial charge in [-0.2, -0.15) is 0 Å². The Morgan fingerprint density at radius 1 is 1.21 bits per heavy atom. The van der Waals surface area contributed by atoms with Gasteiger partial charge in [-0.25, -0.2) is 0 Å². The molecule has 1 unspecified atom stereocenters. The molecular formula is C13H12S. The summed E-state index contributed by atoms with van der Waals surface area (Å²) in [6, 6.07) is 8.71. The molecule has 0 nitrogen and oxygen atoms in total. The lowest BCUT2D eigenvalue weighted by molar-refractivity contribution is 0.809. The highest BCUT2D eigenvalue weighted by molar-refractivity contribution is 7.17. The SMILES string of the molecule is C1=CC(c2csc3ccccc23)CC1. The number of fused-ring (bicyclic) bond motifs is 1. The molecular weight excluding hydrogens is 188 g/mol. The standard InChI is InChI=1S/C13H12S/c1-2-6-10(5-1)12-9-14-13-8-4-3-7-11(12)13/h1,3-5,7-10H,2,6H2. The number of hydrogen-bond acceptors (Lipinski definition) is 1. The molecule has 0 radical (unpaired) electrons. The Bertz CT molecular complexity index is 479. The minimum absolute atomic E-state index is 0.672. The predicted molar refractivity (Wildman–Crippen MR) is 62.9 cm³/mol. The second kappa shape index (κ2) is 3.25. The van der Waals surface area contributed by atoms with E-state index in [0.29, 0.717) is 5.92 Å². The van der Waals surface area contributed by atoms with Crippen LogP contribution in [0.4, 0.5) is 0 Å². The van der Waals surface area contributed by atoms with Gasteiger partial charge in [0.05, 0.1) is 0 Å². The van der Waals surface area contributed by atoms with E-state index < -0.39 is 0 Å². The van der Waals surface area contributed by atoms with Crippen molar-refractivity contribution in [1.82, 2.24) is 0 Å². The van der Waals surface area contributed by atoms with Gasteiger partial charge < -0.3 is 0 Å². The zero-order chi connectivity index (χ0) is 9.38. The summed E-state index contributed by atoms with van der Waals surface area (Å²) in [4.78, 5) is 0. The lowest BCUT2D eigenvalue weighted by atomic mass is 9.98. The smallest absolute Gasteiger partial charge is 0.0345 e. The Morgan fingerprint density at radius 2 is 2.14 bits per heavy atom. The van der Waals surface area contributed by atoms with Gasteiger partial charge in [-0.15, -0.1) is 11.3 Å². The average Bonchev–Trinajstić information content (AvgIpc) is 2.85. The molecule has 70 valence electrons. The fraction of sp³-hybridized carbons (Fsp3) is 0.231. The van der Waals surface area contributed by atoms with Gasteiger partial charge in [0.25, 0.3) is 0 Å². The molecule has 1 aliphatic rings. The maximum Gasteiger partial charge on any atom is 0.0345 e. The first-order chi connectivity index (χ1) is 6.95. The van der Waals surface area contributed by atoms with Crippen LogP contribution >= 0.6 is 11.3 Å². The second-order valence-corrected chi connectivity index (χ2v) is 4.71. The Kier molecular flexibility index (Phi) is 1.91. The van der Waals surface area contributed by atoms with Crippen molar-refractivity contribution < 1.29 is 0 Å². The summed E-state index contributed by atoms with van der Waals surface area (Å²) < 4.78 is 1.42. The Labute approximate surface area is 87.9 Å². The molecule has 0 N–H and O–H groups in total. The third-order valence-electron chi connectivity index (χ3n) is 2.92. The molecule has 14 heavy (non-hydrogen) atoms. The molecule has 1 atom stereocenters. The summed E-state index contributed by atoms with van der Waals surface area (Å²) in [6.07, 6.45) is 7.20. The van der Waals surface area contributed by atoms with Crippen molar-refractivity contribution in [3.8, 4) is 0 Å². The molecule has 0 aliphatic heterocycles. The third kappa shape index (κ3) is 1.20. The van der Waals surface area contributed by atoms with Crippen molar-refractivity contribution in [3.05, 3.63) is 47.4 Å². The maximum absolute atomic E-state index is 2.36. The van der Waals surface area contributed by atoms with Crippen LogP contribution in [0, 0.1) is 0 Å². The zero-order valence-electron chi connectivity index (χ0n) is 7.94. The van der Waals surface area contributed by atoms with Gasteiger partial charge >= 0.3 is 0 Å². The monoisotopic (exact) mass is 200 g/mol. The summed E-state index contributed by atoms with van der Waals surface area (Å²) in [7, 11) is 0. The average molecular weight is 200 g/mol. The van der Waals surface area contributed by atoms with Crippen molar-refractivity contribution in [1.29, 1.82) is 0 Å². The molecule has 1 aliphatic carbocycles. The lowest BCUT2D eigenvalue weighted by Gasteiger charge is -2.05. The number of rotatable bonds is 1. The van der Waals surface area contributed by atoms with Crippen LogP contribution in [0.5, 0.6) is 0 Å². The van der Waals surface area contributed by atoms with Crippen LogP contribution in [-0.4, -0.2) is 0 Å². The van der Waals surface area contributed by atoms with E-state index in [9.17, 15) is 0 Å². The van der Waals surface area contributed by atoms with Crippen LogP contribution in [0.2, 0.25) is 0 Å². The van der Waals surface area contributed by atoms with Gasteiger partial charge in [0, 0.05) is 10.6 Å². The molecule has 0 saturated heterocycles. The minimum Gasteiger partial charge on any atom is -0.144 e. The summed E-state index contributed by atoms with van der Waals surface area (Å²) >= 11 is 1.87. The number of benzene rings is 1. The first-order valence-electron chi connectivity index (χ1n) is 5.08. The van der Waals surface area contributed by atoms with Gasteiger partial charge in [-0.3, -0.25) is 0 Å². The van der Waals surface area contributed by atoms with Crippen molar-refractivity contribution in [2.45, 2.75) is 18.8 Å². The third-order valence-corrected chi connectivity index (χ3v) is 3.90. The van der Waals surface area contributed by atoms with E-state index in [2.05, 4.69) is 41.8 Å². The first-order valence-corrected chi connectivity index (χ1v) is 5.96. The van der Waals surface area contributed by atoms with Crippen molar-refractivity contribution in [2.24, 2.45) is 0 Å². The van der Waals surface area contributed by atoms with Crippen LogP contribution in [-0.2, 0) is 0 Å². The molecule has 1 heteroatoms. The van der Waals surface area contributed by atoms with Crippen molar-refractivity contribution in [3.63, 3.8) is 0 Å². The minimum atomic E-state index is 0.672. The normalized spacial score (nSPS) is 20.7. The van der Waals surface area contributed by atoms with E-state index in [4.69, 9.17) is 0 Å². The fourth-order valence-electron chi connectivity index (χ4n) is 2.18. The van der Waals surface area contributed by atoms with E-state index in [1.807, 2.05) is 11.3 Å². The second-order valence-electron chi connectivity index (χ2n) is 3.80. The molecule has 2 aromatic rings. The van der Waals surface area contributed by atoms with E-state index >= 15 is 0 Å². The van der Waals surface area contributed by atoms with Crippen molar-refractivity contribution in [2.75, 3.05) is 0 Å². The predicted octanol–water partition coefficient (Wildman–Crippen LogP) is 4.33. The highest BCUT2D eigenvalue weighted by atomic mass is 32.1. The highest BCUT2D eigenvalue weighted by Crippen LogP contribution is 2.36. The summed E-state index contributed by atoms with van der Waals surface area (Å²) in [5.74, 6) is 0.672. The summed E-state index contributed by atoms with van der Waals surface area (Å²) in [6.45, 7) is 0. The Morgan fingerprint density at radius 3 is 3.00 bits per heavy atom. The zero-order valence-corrected chi connectivity index (χ0v) is 8.76. The number of allylic oxidation sites excluding steroid dienone is 2. The largest absolute Gasteiger partial charge is 0.144 e. The fourth-order valence-corrected chi connectivity index (χ4v) is 3.20. The van der Waals surface area contributed by atoms with Crippen LogP contribution in [0.1, 0.15) is 24.3 Å². The van der Waals surface area contributed by atoms with Crippen molar-refractivity contribution >= 4 is 21.4 Å². The van der Waals surface area contributed by atoms with Gasteiger partial charge in [0.15, 0.2) is 0 Å². The van der Waals surface area contributed by atoms with E-state index in [-0.39, 0.29) is 0 Å². The van der Waals surface area contributed by atoms with Gasteiger partial charge in [0.2, 0.25) is 0 Å². The van der Waals surface area contributed by atoms with E-state index in [1.165, 1.54) is 28.5 Å². The van der Waals surface area contributed by atoms with Crippen LogP contribution in [0.15, 0.2) is 41.8 Å².